The van der Waals surface area contributed by atoms with Crippen LogP contribution in [-0.4, -0.2) is 47.7 Å². The van der Waals surface area contributed by atoms with Gasteiger partial charge in [-0.25, -0.2) is 4.79 Å². The first-order valence-corrected chi connectivity index (χ1v) is 10.8. The fourth-order valence-corrected chi connectivity index (χ4v) is 3.39. The van der Waals surface area contributed by atoms with E-state index in [-0.39, 0.29) is 6.09 Å². The third-order valence-corrected chi connectivity index (χ3v) is 5.14. The van der Waals surface area contributed by atoms with Crippen LogP contribution in [0.25, 0.3) is 0 Å². The second-order valence-corrected chi connectivity index (χ2v) is 9.21. The average Bonchev–Trinajstić information content (AvgIpc) is 2.69. The summed E-state index contributed by atoms with van der Waals surface area (Å²) < 4.78 is 11.4. The molecule has 2 aromatic carbocycles. The summed E-state index contributed by atoms with van der Waals surface area (Å²) in [5, 5.41) is 0. The average molecular weight is 411 g/mol. The summed E-state index contributed by atoms with van der Waals surface area (Å²) in [5.41, 5.74) is 2.10. The number of piperazine rings is 1. The fourth-order valence-electron chi connectivity index (χ4n) is 3.39. The molecule has 2 aromatic rings. The zero-order chi connectivity index (χ0) is 21.7. The number of benzene rings is 2. The molecule has 0 radical (unpaired) electrons. The topological polar surface area (TPSA) is 42.0 Å². The van der Waals surface area contributed by atoms with E-state index in [0.29, 0.717) is 19.0 Å². The molecule has 0 aliphatic carbocycles. The van der Waals surface area contributed by atoms with Gasteiger partial charge >= 0.3 is 6.09 Å². The minimum absolute atomic E-state index is 0.218. The Bertz CT molecular complexity index is 815. The number of nitrogens with zero attached hydrogens (tertiary/aromatic N) is 2. The van der Waals surface area contributed by atoms with Crippen molar-refractivity contribution in [3.8, 4) is 11.5 Å². The summed E-state index contributed by atoms with van der Waals surface area (Å²) in [7, 11) is 0. The Morgan fingerprint density at radius 1 is 0.900 bits per heavy atom. The lowest BCUT2D eigenvalue weighted by Crippen LogP contribution is -2.49. The van der Waals surface area contributed by atoms with E-state index in [2.05, 4.69) is 43.0 Å². The molecule has 0 aromatic heterocycles. The van der Waals surface area contributed by atoms with Crippen LogP contribution < -0.4 is 4.74 Å². The Labute approximate surface area is 180 Å². The van der Waals surface area contributed by atoms with Gasteiger partial charge in [0.2, 0.25) is 0 Å². The summed E-state index contributed by atoms with van der Waals surface area (Å²) in [4.78, 5) is 16.3. The summed E-state index contributed by atoms with van der Waals surface area (Å²) in [5.74, 6) is 2.21. The Hall–Kier alpha value is -2.53. The molecule has 0 saturated carbocycles. The molecular formula is C25H34N2O3. The molecule has 1 heterocycles. The lowest BCUT2D eigenvalue weighted by molar-refractivity contribution is 0.0139. The van der Waals surface area contributed by atoms with Gasteiger partial charge in [-0.3, -0.25) is 4.90 Å². The van der Waals surface area contributed by atoms with Gasteiger partial charge in [-0.2, -0.15) is 0 Å². The maximum absolute atomic E-state index is 12.2. The number of rotatable bonds is 5. The van der Waals surface area contributed by atoms with E-state index in [9.17, 15) is 4.79 Å². The molecule has 5 nitrogen and oxygen atoms in total. The van der Waals surface area contributed by atoms with Gasteiger partial charge < -0.3 is 14.4 Å². The Balaban J connectivity index is 1.47. The van der Waals surface area contributed by atoms with Crippen LogP contribution in [0.15, 0.2) is 48.5 Å². The van der Waals surface area contributed by atoms with E-state index in [4.69, 9.17) is 9.47 Å². The molecule has 162 valence electrons. The lowest BCUT2D eigenvalue weighted by Gasteiger charge is -2.35. The first-order valence-electron chi connectivity index (χ1n) is 10.8. The number of hydrogen-bond donors (Lipinski definition) is 0. The van der Waals surface area contributed by atoms with Crippen molar-refractivity contribution in [3.63, 3.8) is 0 Å². The Kier molecular flexibility index (Phi) is 7.03. The van der Waals surface area contributed by atoms with E-state index in [1.165, 1.54) is 11.1 Å². The molecule has 1 saturated heterocycles. The van der Waals surface area contributed by atoms with Crippen molar-refractivity contribution in [2.45, 2.75) is 52.7 Å². The van der Waals surface area contributed by atoms with E-state index < -0.39 is 5.60 Å². The maximum atomic E-state index is 12.2. The van der Waals surface area contributed by atoms with Crippen LogP contribution in [0.5, 0.6) is 11.5 Å². The molecule has 1 amide bonds. The standard InChI is InChI=1S/C25H34N2O3/c1-19(2)21-8-12-23(13-9-21)29-22-10-6-20(7-11-22)18-26-14-16-27(17-15-26)24(28)30-25(3,4)5/h6-13,19H,14-18H2,1-5H3. The predicted molar refractivity (Wildman–Crippen MR) is 120 cm³/mol. The van der Waals surface area contributed by atoms with Crippen LogP contribution in [0.1, 0.15) is 51.7 Å². The summed E-state index contributed by atoms with van der Waals surface area (Å²) in [6.45, 7) is 14.0. The highest BCUT2D eigenvalue weighted by atomic mass is 16.6. The van der Waals surface area contributed by atoms with Crippen molar-refractivity contribution >= 4 is 6.09 Å². The molecule has 0 spiro atoms. The molecule has 3 rings (SSSR count). The normalized spacial score (nSPS) is 15.3. The Morgan fingerprint density at radius 3 is 1.93 bits per heavy atom. The van der Waals surface area contributed by atoms with Gasteiger partial charge in [0.1, 0.15) is 17.1 Å². The Morgan fingerprint density at radius 2 is 1.43 bits per heavy atom. The van der Waals surface area contributed by atoms with Gasteiger partial charge in [-0.15, -0.1) is 0 Å². The first kappa shape index (κ1) is 22.2. The minimum atomic E-state index is -0.450. The quantitative estimate of drug-likeness (QED) is 0.638. The molecule has 0 atom stereocenters. The van der Waals surface area contributed by atoms with Crippen LogP contribution >= 0.6 is 0 Å². The van der Waals surface area contributed by atoms with Gasteiger partial charge in [0.25, 0.3) is 0 Å². The summed E-state index contributed by atoms with van der Waals surface area (Å²) in [6, 6.07) is 16.5. The highest BCUT2D eigenvalue weighted by Gasteiger charge is 2.25. The minimum Gasteiger partial charge on any atom is -0.457 e. The predicted octanol–water partition coefficient (Wildman–Crippen LogP) is 5.66. The van der Waals surface area contributed by atoms with Crippen LogP contribution in [0.4, 0.5) is 4.79 Å². The number of amides is 1. The summed E-state index contributed by atoms with van der Waals surface area (Å²) in [6.07, 6.45) is -0.218. The molecule has 0 bridgehead atoms. The SMILES string of the molecule is CC(C)c1ccc(Oc2ccc(CN3CCN(C(=O)OC(C)(C)C)CC3)cc2)cc1. The van der Waals surface area contributed by atoms with Gasteiger partial charge in [-0.05, 0) is 62.1 Å². The highest BCUT2D eigenvalue weighted by molar-refractivity contribution is 5.68. The fraction of sp³-hybridized carbons (Fsp3) is 0.480. The van der Waals surface area contributed by atoms with Crippen molar-refractivity contribution in [1.82, 2.24) is 9.80 Å². The van der Waals surface area contributed by atoms with Gasteiger partial charge in [-0.1, -0.05) is 38.1 Å². The lowest BCUT2D eigenvalue weighted by atomic mass is 10.0. The number of carbonyl (C=O) groups excluding carboxylic acids is 1. The van der Waals surface area contributed by atoms with Crippen LogP contribution in [0.2, 0.25) is 0 Å². The van der Waals surface area contributed by atoms with Crippen LogP contribution in [0, 0.1) is 0 Å². The zero-order valence-electron chi connectivity index (χ0n) is 18.9. The molecule has 0 unspecified atom stereocenters. The third kappa shape index (κ3) is 6.49. The van der Waals surface area contributed by atoms with Gasteiger partial charge in [0.05, 0.1) is 0 Å². The van der Waals surface area contributed by atoms with Gasteiger partial charge in [0, 0.05) is 32.7 Å². The summed E-state index contributed by atoms with van der Waals surface area (Å²) >= 11 is 0. The molecule has 30 heavy (non-hydrogen) atoms. The molecule has 1 aliphatic heterocycles. The molecule has 5 heteroatoms. The monoisotopic (exact) mass is 410 g/mol. The van der Waals surface area contributed by atoms with E-state index >= 15 is 0 Å². The largest absolute Gasteiger partial charge is 0.457 e. The maximum Gasteiger partial charge on any atom is 0.410 e. The second-order valence-electron chi connectivity index (χ2n) is 9.21. The van der Waals surface area contributed by atoms with Crippen molar-refractivity contribution in [1.29, 1.82) is 0 Å². The molecule has 1 fully saturated rings. The second kappa shape index (κ2) is 9.52. The van der Waals surface area contributed by atoms with Crippen LogP contribution in [-0.2, 0) is 11.3 Å². The first-order chi connectivity index (χ1) is 14.2. The van der Waals surface area contributed by atoms with Crippen molar-refractivity contribution in [2.24, 2.45) is 0 Å². The third-order valence-electron chi connectivity index (χ3n) is 5.14. The number of hydrogen-bond acceptors (Lipinski definition) is 4. The number of ether oxygens (including phenoxy) is 2. The van der Waals surface area contributed by atoms with Gasteiger partial charge in [0.15, 0.2) is 0 Å². The van der Waals surface area contributed by atoms with Crippen molar-refractivity contribution in [3.05, 3.63) is 59.7 Å². The highest BCUT2D eigenvalue weighted by Crippen LogP contribution is 2.24. The van der Waals surface area contributed by atoms with E-state index in [0.717, 1.165) is 31.1 Å². The molecule has 1 aliphatic rings. The van der Waals surface area contributed by atoms with E-state index in [1.807, 2.05) is 45.0 Å². The van der Waals surface area contributed by atoms with Crippen LogP contribution in [0.3, 0.4) is 0 Å². The molecular weight excluding hydrogens is 376 g/mol. The number of carbonyl (C=O) groups is 1. The zero-order valence-corrected chi connectivity index (χ0v) is 18.9. The van der Waals surface area contributed by atoms with Crippen molar-refractivity contribution in [2.75, 3.05) is 26.2 Å². The van der Waals surface area contributed by atoms with E-state index in [1.54, 1.807) is 4.90 Å². The smallest absolute Gasteiger partial charge is 0.410 e. The van der Waals surface area contributed by atoms with Crippen molar-refractivity contribution < 1.29 is 14.3 Å². The molecule has 0 N–H and O–H groups in total.